The molecular formula is C17H16N2O2S2. The van der Waals surface area contributed by atoms with Crippen LogP contribution in [0, 0.1) is 0 Å². The van der Waals surface area contributed by atoms with Gasteiger partial charge in [-0.3, -0.25) is 4.79 Å². The van der Waals surface area contributed by atoms with E-state index >= 15 is 0 Å². The van der Waals surface area contributed by atoms with Crippen LogP contribution in [-0.2, 0) is 13.0 Å². The second-order valence-corrected chi connectivity index (χ2v) is 6.63. The van der Waals surface area contributed by atoms with Gasteiger partial charge in [-0.05, 0) is 36.1 Å². The lowest BCUT2D eigenvalue weighted by molar-refractivity contribution is 0.0953. The molecule has 0 unspecified atom stereocenters. The molecule has 23 heavy (non-hydrogen) atoms. The van der Waals surface area contributed by atoms with Gasteiger partial charge in [-0.1, -0.05) is 12.1 Å². The first-order chi connectivity index (χ1) is 11.3. The number of nitrogens with one attached hydrogen (secondary N) is 1. The number of amides is 1. The minimum absolute atomic E-state index is 0.0827. The van der Waals surface area contributed by atoms with Crippen LogP contribution in [0.4, 0.5) is 0 Å². The zero-order valence-corrected chi connectivity index (χ0v) is 14.0. The molecular weight excluding hydrogens is 328 g/mol. The van der Waals surface area contributed by atoms with E-state index < -0.39 is 0 Å². The van der Waals surface area contributed by atoms with Crippen molar-refractivity contribution >= 4 is 28.6 Å². The summed E-state index contributed by atoms with van der Waals surface area (Å²) in [6.45, 7) is 1.04. The Hall–Kier alpha value is -2.18. The predicted octanol–water partition coefficient (Wildman–Crippen LogP) is 3.76. The molecule has 2 heterocycles. The molecule has 3 rings (SSSR count). The van der Waals surface area contributed by atoms with Crippen LogP contribution in [0.25, 0.3) is 0 Å². The van der Waals surface area contributed by atoms with Crippen molar-refractivity contribution in [2.75, 3.05) is 6.54 Å². The number of rotatable bonds is 7. The third-order valence-electron chi connectivity index (χ3n) is 3.20. The van der Waals surface area contributed by atoms with Crippen LogP contribution in [0.3, 0.4) is 0 Å². The topological polar surface area (TPSA) is 51.2 Å². The summed E-state index contributed by atoms with van der Waals surface area (Å²) in [5, 5.41) is 6.92. The van der Waals surface area contributed by atoms with Crippen molar-refractivity contribution in [2.24, 2.45) is 0 Å². The van der Waals surface area contributed by atoms with E-state index in [1.165, 1.54) is 16.2 Å². The van der Waals surface area contributed by atoms with Gasteiger partial charge < -0.3 is 10.1 Å². The second kappa shape index (κ2) is 7.89. The minimum atomic E-state index is -0.0827. The third kappa shape index (κ3) is 4.64. The highest BCUT2D eigenvalue weighted by Crippen LogP contribution is 2.15. The molecule has 6 heteroatoms. The lowest BCUT2D eigenvalue weighted by atomic mass is 10.2. The van der Waals surface area contributed by atoms with Gasteiger partial charge in [0.05, 0.1) is 11.2 Å². The lowest BCUT2D eigenvalue weighted by Gasteiger charge is -2.08. The molecule has 1 N–H and O–H groups in total. The fraction of sp³-hybridized carbons (Fsp3) is 0.176. The van der Waals surface area contributed by atoms with E-state index in [9.17, 15) is 4.79 Å². The molecule has 0 saturated carbocycles. The van der Waals surface area contributed by atoms with E-state index in [1.54, 1.807) is 29.0 Å². The molecule has 0 aliphatic carbocycles. The Kier molecular flexibility index (Phi) is 5.39. The van der Waals surface area contributed by atoms with Crippen LogP contribution in [0.5, 0.6) is 5.75 Å². The van der Waals surface area contributed by atoms with Gasteiger partial charge in [-0.2, -0.15) is 0 Å². The molecule has 4 nitrogen and oxygen atoms in total. The second-order valence-electron chi connectivity index (χ2n) is 4.88. The molecule has 1 aromatic carbocycles. The van der Waals surface area contributed by atoms with Crippen LogP contribution in [0.1, 0.15) is 20.9 Å². The van der Waals surface area contributed by atoms with Crippen molar-refractivity contribution in [3.8, 4) is 5.75 Å². The highest BCUT2D eigenvalue weighted by Gasteiger charge is 2.07. The number of aromatic nitrogens is 1. The van der Waals surface area contributed by atoms with E-state index in [2.05, 4.69) is 16.4 Å². The third-order valence-corrected chi connectivity index (χ3v) is 4.77. The Labute approximate surface area is 142 Å². The number of hydrogen-bond acceptors (Lipinski definition) is 5. The molecule has 0 saturated heterocycles. The van der Waals surface area contributed by atoms with Crippen molar-refractivity contribution < 1.29 is 9.53 Å². The van der Waals surface area contributed by atoms with Gasteiger partial charge in [0.25, 0.3) is 5.91 Å². The number of benzene rings is 1. The average Bonchev–Trinajstić information content (AvgIpc) is 3.27. The quantitative estimate of drug-likeness (QED) is 0.710. The van der Waals surface area contributed by atoms with Gasteiger partial charge in [0.15, 0.2) is 0 Å². The zero-order chi connectivity index (χ0) is 15.9. The van der Waals surface area contributed by atoms with Crippen LogP contribution < -0.4 is 10.1 Å². The smallest absolute Gasteiger partial charge is 0.251 e. The lowest BCUT2D eigenvalue weighted by Crippen LogP contribution is -2.25. The Balaban J connectivity index is 1.52. The molecule has 0 radical (unpaired) electrons. The summed E-state index contributed by atoms with van der Waals surface area (Å²) in [4.78, 5) is 17.6. The molecule has 0 aliphatic rings. The standard InChI is InChI=1S/C17H16N2O2S2/c20-17(18-7-6-16-5-2-8-23-16)13-3-1-4-15(9-13)21-10-14-11-22-12-19-14/h1-5,8-9,11-12H,6-7,10H2,(H,18,20). The van der Waals surface area contributed by atoms with Gasteiger partial charge in [-0.25, -0.2) is 4.98 Å². The highest BCUT2D eigenvalue weighted by atomic mass is 32.1. The number of carbonyl (C=O) groups excluding carboxylic acids is 1. The molecule has 2 aromatic heterocycles. The first kappa shape index (κ1) is 15.7. The molecule has 0 fully saturated rings. The van der Waals surface area contributed by atoms with Crippen LogP contribution in [0.15, 0.2) is 52.7 Å². The first-order valence-electron chi connectivity index (χ1n) is 7.22. The molecule has 0 atom stereocenters. The van der Waals surface area contributed by atoms with Crippen molar-refractivity contribution in [1.82, 2.24) is 10.3 Å². The summed E-state index contributed by atoms with van der Waals surface area (Å²) in [5.41, 5.74) is 3.27. The number of thiazole rings is 1. The summed E-state index contributed by atoms with van der Waals surface area (Å²) in [6, 6.07) is 11.3. The predicted molar refractivity (Wildman–Crippen MR) is 93.2 cm³/mol. The SMILES string of the molecule is O=C(NCCc1cccs1)c1cccc(OCc2cscn2)c1. The Morgan fingerprint density at radius 3 is 3.00 bits per heavy atom. The highest BCUT2D eigenvalue weighted by molar-refractivity contribution is 7.09. The van der Waals surface area contributed by atoms with E-state index in [1.807, 2.05) is 29.0 Å². The minimum Gasteiger partial charge on any atom is -0.487 e. The number of carbonyl (C=O) groups is 1. The van der Waals surface area contributed by atoms with Gasteiger partial charge >= 0.3 is 0 Å². The Morgan fingerprint density at radius 1 is 1.26 bits per heavy atom. The summed E-state index contributed by atoms with van der Waals surface area (Å²) in [7, 11) is 0. The largest absolute Gasteiger partial charge is 0.487 e. The van der Waals surface area contributed by atoms with Crippen molar-refractivity contribution in [3.05, 3.63) is 68.8 Å². The summed E-state index contributed by atoms with van der Waals surface area (Å²) in [6.07, 6.45) is 0.851. The zero-order valence-electron chi connectivity index (χ0n) is 12.4. The van der Waals surface area contributed by atoms with E-state index in [4.69, 9.17) is 4.74 Å². The number of thiophene rings is 1. The molecule has 118 valence electrons. The van der Waals surface area contributed by atoms with Gasteiger partial charge in [0.1, 0.15) is 12.4 Å². The molecule has 1 amide bonds. The average molecular weight is 344 g/mol. The van der Waals surface area contributed by atoms with Gasteiger partial charge in [-0.15, -0.1) is 22.7 Å². The van der Waals surface area contributed by atoms with E-state index in [0.29, 0.717) is 24.5 Å². The monoisotopic (exact) mass is 344 g/mol. The van der Waals surface area contributed by atoms with Crippen molar-refractivity contribution in [3.63, 3.8) is 0 Å². The van der Waals surface area contributed by atoms with Crippen LogP contribution in [-0.4, -0.2) is 17.4 Å². The summed E-state index contributed by atoms with van der Waals surface area (Å²) in [5.74, 6) is 0.588. The van der Waals surface area contributed by atoms with Crippen molar-refractivity contribution in [2.45, 2.75) is 13.0 Å². The van der Waals surface area contributed by atoms with Crippen LogP contribution >= 0.6 is 22.7 Å². The van der Waals surface area contributed by atoms with Crippen LogP contribution in [0.2, 0.25) is 0 Å². The fourth-order valence-electron chi connectivity index (χ4n) is 2.05. The fourth-order valence-corrected chi connectivity index (χ4v) is 3.30. The maximum absolute atomic E-state index is 12.2. The van der Waals surface area contributed by atoms with E-state index in [0.717, 1.165) is 12.1 Å². The molecule has 3 aromatic rings. The Bertz CT molecular complexity index is 740. The van der Waals surface area contributed by atoms with Crippen molar-refractivity contribution in [1.29, 1.82) is 0 Å². The molecule has 0 aliphatic heterocycles. The summed E-state index contributed by atoms with van der Waals surface area (Å²) >= 11 is 3.24. The van der Waals surface area contributed by atoms with E-state index in [-0.39, 0.29) is 5.91 Å². The van der Waals surface area contributed by atoms with Gasteiger partial charge in [0, 0.05) is 22.4 Å². The maximum atomic E-state index is 12.2. The number of ether oxygens (including phenoxy) is 1. The Morgan fingerprint density at radius 2 is 2.22 bits per heavy atom. The number of hydrogen-bond donors (Lipinski definition) is 1. The normalized spacial score (nSPS) is 10.4. The van der Waals surface area contributed by atoms with Gasteiger partial charge in [0.2, 0.25) is 0 Å². The maximum Gasteiger partial charge on any atom is 0.251 e. The first-order valence-corrected chi connectivity index (χ1v) is 9.04. The molecule has 0 bridgehead atoms. The number of nitrogens with zero attached hydrogens (tertiary/aromatic N) is 1. The summed E-state index contributed by atoms with van der Waals surface area (Å²) < 4.78 is 5.67. The molecule has 0 spiro atoms.